The van der Waals surface area contributed by atoms with Gasteiger partial charge in [-0.25, -0.2) is 18.7 Å². The van der Waals surface area contributed by atoms with Gasteiger partial charge in [0.15, 0.2) is 5.82 Å². The van der Waals surface area contributed by atoms with Crippen LogP contribution in [0.1, 0.15) is 34.0 Å². The van der Waals surface area contributed by atoms with Crippen molar-refractivity contribution < 1.29 is 18.4 Å². The maximum atomic E-state index is 13.5. The number of alkyl halides is 2. The van der Waals surface area contributed by atoms with E-state index in [1.165, 1.54) is 10.9 Å². The van der Waals surface area contributed by atoms with Gasteiger partial charge in [0.2, 0.25) is 5.91 Å². The van der Waals surface area contributed by atoms with E-state index >= 15 is 0 Å². The lowest BCUT2D eigenvalue weighted by molar-refractivity contribution is -0.131. The second kappa shape index (κ2) is 8.54. The number of aromatic nitrogens is 4. The van der Waals surface area contributed by atoms with Crippen molar-refractivity contribution in [1.82, 2.24) is 30.0 Å². The molecule has 1 aromatic carbocycles. The molecular weight excluding hydrogens is 432 g/mol. The number of hydrogen-bond donors (Lipinski definition) is 1. The highest BCUT2D eigenvalue weighted by Crippen LogP contribution is 2.31. The van der Waals surface area contributed by atoms with Crippen LogP contribution in [0, 0.1) is 25.2 Å². The fourth-order valence-electron chi connectivity index (χ4n) is 3.88. The molecule has 0 saturated carbocycles. The fourth-order valence-corrected chi connectivity index (χ4v) is 3.88. The molecule has 33 heavy (non-hydrogen) atoms. The summed E-state index contributed by atoms with van der Waals surface area (Å²) in [7, 11) is 0. The normalized spacial score (nSPS) is 17.2. The Bertz CT molecular complexity index is 1280. The molecule has 11 heteroatoms. The lowest BCUT2D eigenvalue weighted by atomic mass is 10.2. The molecule has 1 atom stereocenters. The van der Waals surface area contributed by atoms with E-state index in [0.717, 1.165) is 21.5 Å². The van der Waals surface area contributed by atoms with Gasteiger partial charge in [0.05, 0.1) is 35.9 Å². The number of nitrogens with zero attached hydrogens (tertiary/aromatic N) is 6. The van der Waals surface area contributed by atoms with Crippen molar-refractivity contribution in [3.05, 3.63) is 53.2 Å². The minimum Gasteiger partial charge on any atom is -0.343 e. The van der Waals surface area contributed by atoms with E-state index in [9.17, 15) is 18.4 Å². The molecule has 2 aromatic heterocycles. The summed E-state index contributed by atoms with van der Waals surface area (Å²) in [6.45, 7) is 2.45. The molecule has 1 aliphatic rings. The molecule has 1 fully saturated rings. The van der Waals surface area contributed by atoms with Crippen molar-refractivity contribution >= 4 is 22.7 Å². The number of nitrogens with one attached hydrogen (secondary N) is 1. The highest BCUT2D eigenvalue weighted by molar-refractivity contribution is 5.97. The predicted molar refractivity (Wildman–Crippen MR) is 113 cm³/mol. The van der Waals surface area contributed by atoms with Crippen molar-refractivity contribution in [2.45, 2.75) is 38.8 Å². The van der Waals surface area contributed by atoms with Crippen molar-refractivity contribution in [2.75, 3.05) is 13.1 Å². The standard InChI is InChI=1S/C22H21F2N7O2/c1-13-16-5-3-4-6-18(16)28-19(27-13)11-30-10-17(14(2)29-30)21(33)26-9-20(32)31-12-22(23,24)7-15(31)8-25/h3-6,10,15H,7,9,11-12H2,1-2H3,(H,26,33)/t15-/m0/s1. The third-order valence-electron chi connectivity index (χ3n) is 5.47. The Morgan fingerprint density at radius 1 is 1.24 bits per heavy atom. The van der Waals surface area contributed by atoms with Gasteiger partial charge in [0, 0.05) is 23.7 Å². The third-order valence-corrected chi connectivity index (χ3v) is 5.47. The molecule has 0 radical (unpaired) electrons. The number of carbonyl (C=O) groups is 2. The van der Waals surface area contributed by atoms with Crippen LogP contribution < -0.4 is 5.32 Å². The quantitative estimate of drug-likeness (QED) is 0.631. The van der Waals surface area contributed by atoms with Gasteiger partial charge in [-0.1, -0.05) is 18.2 Å². The first-order valence-electron chi connectivity index (χ1n) is 10.3. The van der Waals surface area contributed by atoms with E-state index in [1.54, 1.807) is 13.0 Å². The van der Waals surface area contributed by atoms with Crippen LogP contribution in [0.25, 0.3) is 10.9 Å². The van der Waals surface area contributed by atoms with Gasteiger partial charge in [0.25, 0.3) is 11.8 Å². The number of amides is 2. The van der Waals surface area contributed by atoms with E-state index in [4.69, 9.17) is 5.26 Å². The molecule has 9 nitrogen and oxygen atoms in total. The second-order valence-corrected chi connectivity index (χ2v) is 7.98. The zero-order chi connectivity index (χ0) is 23.8. The molecule has 0 unspecified atom stereocenters. The summed E-state index contributed by atoms with van der Waals surface area (Å²) in [5, 5.41) is 16.7. The molecule has 2 amide bonds. The molecule has 170 valence electrons. The van der Waals surface area contributed by atoms with Gasteiger partial charge in [-0.15, -0.1) is 0 Å². The van der Waals surface area contributed by atoms with Crippen LogP contribution in [-0.4, -0.2) is 61.5 Å². The first-order chi connectivity index (χ1) is 15.7. The van der Waals surface area contributed by atoms with Gasteiger partial charge in [-0.2, -0.15) is 10.4 Å². The van der Waals surface area contributed by atoms with Gasteiger partial charge in [0.1, 0.15) is 12.6 Å². The van der Waals surface area contributed by atoms with E-state index in [-0.39, 0.29) is 12.1 Å². The second-order valence-electron chi connectivity index (χ2n) is 7.98. The monoisotopic (exact) mass is 453 g/mol. The zero-order valence-electron chi connectivity index (χ0n) is 18.0. The van der Waals surface area contributed by atoms with Gasteiger partial charge in [-0.3, -0.25) is 14.3 Å². The number of hydrogen-bond acceptors (Lipinski definition) is 6. The molecule has 3 aromatic rings. The van der Waals surface area contributed by atoms with Crippen LogP contribution in [0.15, 0.2) is 30.5 Å². The maximum absolute atomic E-state index is 13.5. The van der Waals surface area contributed by atoms with Gasteiger partial charge in [-0.05, 0) is 19.9 Å². The SMILES string of the molecule is Cc1nn(Cc2nc(C)c3ccccc3n2)cc1C(=O)NCC(=O)N1CC(F)(F)C[C@H]1C#N. The van der Waals surface area contributed by atoms with Crippen LogP contribution in [0.2, 0.25) is 0 Å². The van der Waals surface area contributed by atoms with Crippen molar-refractivity contribution in [2.24, 2.45) is 0 Å². The molecule has 1 saturated heterocycles. The lowest BCUT2D eigenvalue weighted by Gasteiger charge is -2.19. The Morgan fingerprint density at radius 2 is 2.00 bits per heavy atom. The summed E-state index contributed by atoms with van der Waals surface area (Å²) in [5.74, 6) is -3.88. The van der Waals surface area contributed by atoms with Crippen molar-refractivity contribution in [1.29, 1.82) is 5.26 Å². The number of benzene rings is 1. The first-order valence-corrected chi connectivity index (χ1v) is 10.3. The minimum atomic E-state index is -3.11. The summed E-state index contributed by atoms with van der Waals surface area (Å²) in [6.07, 6.45) is 0.816. The largest absolute Gasteiger partial charge is 0.343 e. The van der Waals surface area contributed by atoms with Crippen LogP contribution in [-0.2, 0) is 11.3 Å². The molecule has 0 aliphatic carbocycles. The number of nitriles is 1. The van der Waals surface area contributed by atoms with E-state index in [2.05, 4.69) is 20.4 Å². The summed E-state index contributed by atoms with van der Waals surface area (Å²) < 4.78 is 28.6. The van der Waals surface area contributed by atoms with Gasteiger partial charge < -0.3 is 10.2 Å². The summed E-state index contributed by atoms with van der Waals surface area (Å²) in [4.78, 5) is 34.7. The number of carbonyl (C=O) groups excluding carboxylic acids is 2. The summed E-state index contributed by atoms with van der Waals surface area (Å²) >= 11 is 0. The molecule has 1 N–H and O–H groups in total. The number of para-hydroxylation sites is 1. The molecule has 3 heterocycles. The molecule has 0 spiro atoms. The highest BCUT2D eigenvalue weighted by atomic mass is 19.3. The Morgan fingerprint density at radius 3 is 2.76 bits per heavy atom. The van der Waals surface area contributed by atoms with Crippen LogP contribution >= 0.6 is 0 Å². The Hall–Kier alpha value is -3.94. The molecule has 4 rings (SSSR count). The van der Waals surface area contributed by atoms with Crippen LogP contribution in [0.5, 0.6) is 0 Å². The number of aryl methyl sites for hydroxylation is 2. The molecular formula is C22H21F2N7O2. The van der Waals surface area contributed by atoms with Crippen molar-refractivity contribution in [3.8, 4) is 6.07 Å². The number of halogens is 2. The Kier molecular flexibility index (Phi) is 5.76. The number of fused-ring (bicyclic) bond motifs is 1. The highest BCUT2D eigenvalue weighted by Gasteiger charge is 2.47. The molecule has 1 aliphatic heterocycles. The maximum Gasteiger partial charge on any atom is 0.268 e. The van der Waals surface area contributed by atoms with Crippen LogP contribution in [0.4, 0.5) is 8.78 Å². The van der Waals surface area contributed by atoms with Crippen molar-refractivity contribution in [3.63, 3.8) is 0 Å². The topological polar surface area (TPSA) is 117 Å². The Balaban J connectivity index is 1.42. The predicted octanol–water partition coefficient (Wildman–Crippen LogP) is 1.98. The number of likely N-dealkylation sites (tertiary alicyclic amines) is 1. The summed E-state index contributed by atoms with van der Waals surface area (Å²) in [5.41, 5.74) is 2.31. The Labute approximate surface area is 188 Å². The third kappa shape index (κ3) is 4.64. The molecule has 0 bridgehead atoms. The lowest BCUT2D eigenvalue weighted by Crippen LogP contribution is -2.43. The van der Waals surface area contributed by atoms with Crippen LogP contribution in [0.3, 0.4) is 0 Å². The number of rotatable bonds is 5. The van der Waals surface area contributed by atoms with E-state index in [0.29, 0.717) is 11.5 Å². The van der Waals surface area contributed by atoms with E-state index in [1.807, 2.05) is 31.2 Å². The fraction of sp³-hybridized carbons (Fsp3) is 0.364. The average molecular weight is 453 g/mol. The van der Waals surface area contributed by atoms with E-state index < -0.39 is 43.3 Å². The summed E-state index contributed by atoms with van der Waals surface area (Å²) in [6, 6.07) is 8.14. The first kappa shape index (κ1) is 22.3. The minimum absolute atomic E-state index is 0.240. The zero-order valence-corrected chi connectivity index (χ0v) is 18.0. The van der Waals surface area contributed by atoms with Gasteiger partial charge >= 0.3 is 0 Å². The average Bonchev–Trinajstić information content (AvgIpc) is 3.30. The smallest absolute Gasteiger partial charge is 0.268 e.